The van der Waals surface area contributed by atoms with Gasteiger partial charge < -0.3 is 15.4 Å². The number of ether oxygens (including phenoxy) is 1. The Kier molecular flexibility index (Phi) is 5.96. The van der Waals surface area contributed by atoms with Gasteiger partial charge >= 0.3 is 0 Å². The first-order valence-corrected chi connectivity index (χ1v) is 8.92. The summed E-state index contributed by atoms with van der Waals surface area (Å²) in [5.41, 5.74) is 8.14. The Morgan fingerprint density at radius 3 is 2.95 bits per heavy atom. The highest BCUT2D eigenvalue weighted by molar-refractivity contribution is 9.10. The standard InChI is InChI=1S/C15H21BrN2O2S/c1-10-13(7-11(16)8-14(10)17)15(19)18(4-5-20-2)12-3-6-21-9-12/h7-8,12H,3-6,9,17H2,1-2H3. The summed E-state index contributed by atoms with van der Waals surface area (Å²) in [4.78, 5) is 14.9. The van der Waals surface area contributed by atoms with Gasteiger partial charge in [-0.1, -0.05) is 15.9 Å². The number of methoxy groups -OCH3 is 1. The molecule has 0 saturated carbocycles. The molecule has 4 nitrogen and oxygen atoms in total. The number of amides is 1. The highest BCUT2D eigenvalue weighted by Gasteiger charge is 2.28. The van der Waals surface area contributed by atoms with Crippen molar-refractivity contribution < 1.29 is 9.53 Å². The van der Waals surface area contributed by atoms with E-state index in [4.69, 9.17) is 10.5 Å². The van der Waals surface area contributed by atoms with E-state index in [2.05, 4.69) is 15.9 Å². The fraction of sp³-hybridized carbons (Fsp3) is 0.533. The third kappa shape index (κ3) is 3.93. The van der Waals surface area contributed by atoms with Crippen molar-refractivity contribution in [3.05, 3.63) is 27.7 Å². The smallest absolute Gasteiger partial charge is 0.254 e. The van der Waals surface area contributed by atoms with Gasteiger partial charge in [-0.3, -0.25) is 4.79 Å². The molecule has 1 fully saturated rings. The number of hydrogen-bond donors (Lipinski definition) is 1. The SMILES string of the molecule is COCCN(C(=O)c1cc(Br)cc(N)c1C)C1CCSC1. The average molecular weight is 373 g/mol. The fourth-order valence-corrected chi connectivity index (χ4v) is 4.18. The molecule has 1 atom stereocenters. The van der Waals surface area contributed by atoms with E-state index in [-0.39, 0.29) is 11.9 Å². The van der Waals surface area contributed by atoms with Gasteiger partial charge in [-0.05, 0) is 36.8 Å². The Bertz CT molecular complexity index is 519. The van der Waals surface area contributed by atoms with Gasteiger partial charge in [-0.25, -0.2) is 0 Å². The van der Waals surface area contributed by atoms with E-state index in [1.165, 1.54) is 0 Å². The number of anilines is 1. The van der Waals surface area contributed by atoms with E-state index in [1.807, 2.05) is 35.7 Å². The van der Waals surface area contributed by atoms with Crippen LogP contribution in [0, 0.1) is 6.92 Å². The van der Waals surface area contributed by atoms with Crippen molar-refractivity contribution in [3.8, 4) is 0 Å². The Morgan fingerprint density at radius 1 is 1.57 bits per heavy atom. The average Bonchev–Trinajstić information content (AvgIpc) is 2.97. The van der Waals surface area contributed by atoms with Gasteiger partial charge in [0.05, 0.1) is 6.61 Å². The molecule has 0 aromatic heterocycles. The van der Waals surface area contributed by atoms with Crippen LogP contribution in [0.25, 0.3) is 0 Å². The molecule has 0 radical (unpaired) electrons. The number of thioether (sulfide) groups is 1. The molecule has 0 bridgehead atoms. The lowest BCUT2D eigenvalue weighted by Gasteiger charge is -2.29. The Balaban J connectivity index is 2.28. The first-order valence-electron chi connectivity index (χ1n) is 6.98. The fourth-order valence-electron chi connectivity index (χ4n) is 2.48. The molecule has 2 N–H and O–H groups in total. The van der Waals surface area contributed by atoms with Gasteiger partial charge in [-0.2, -0.15) is 11.8 Å². The van der Waals surface area contributed by atoms with Crippen LogP contribution in [-0.2, 0) is 4.74 Å². The lowest BCUT2D eigenvalue weighted by molar-refractivity contribution is 0.0624. The molecule has 2 rings (SSSR count). The molecular formula is C15H21BrN2O2S. The summed E-state index contributed by atoms with van der Waals surface area (Å²) in [5, 5.41) is 0. The van der Waals surface area contributed by atoms with Gasteiger partial charge in [0.1, 0.15) is 0 Å². The van der Waals surface area contributed by atoms with E-state index in [9.17, 15) is 4.79 Å². The molecule has 116 valence electrons. The predicted molar refractivity (Wildman–Crippen MR) is 91.9 cm³/mol. The number of nitrogens with two attached hydrogens (primary N) is 1. The summed E-state index contributed by atoms with van der Waals surface area (Å²) in [6.07, 6.45) is 1.04. The van der Waals surface area contributed by atoms with E-state index in [0.717, 1.165) is 28.0 Å². The van der Waals surface area contributed by atoms with Crippen LogP contribution in [-0.4, -0.2) is 48.6 Å². The van der Waals surface area contributed by atoms with E-state index < -0.39 is 0 Å². The molecule has 21 heavy (non-hydrogen) atoms. The second-order valence-corrected chi connectivity index (χ2v) is 7.24. The highest BCUT2D eigenvalue weighted by atomic mass is 79.9. The van der Waals surface area contributed by atoms with Crippen LogP contribution in [0.4, 0.5) is 5.69 Å². The number of hydrogen-bond acceptors (Lipinski definition) is 4. The number of nitrogens with zero attached hydrogens (tertiary/aromatic N) is 1. The number of benzene rings is 1. The van der Waals surface area contributed by atoms with Crippen LogP contribution in [0.3, 0.4) is 0 Å². The third-order valence-corrected chi connectivity index (χ3v) is 5.39. The molecule has 1 amide bonds. The zero-order valence-electron chi connectivity index (χ0n) is 12.4. The van der Waals surface area contributed by atoms with E-state index in [1.54, 1.807) is 7.11 Å². The number of rotatable bonds is 5. The van der Waals surface area contributed by atoms with Crippen LogP contribution in [0.15, 0.2) is 16.6 Å². The molecule has 1 unspecified atom stereocenters. The summed E-state index contributed by atoms with van der Waals surface area (Å²) in [6.45, 7) is 3.06. The van der Waals surface area contributed by atoms with Crippen LogP contribution in [0.5, 0.6) is 0 Å². The molecule has 1 aliphatic heterocycles. The van der Waals surface area contributed by atoms with Gasteiger partial charge in [0.25, 0.3) is 5.91 Å². The second kappa shape index (κ2) is 7.51. The molecule has 0 spiro atoms. The molecule has 1 heterocycles. The molecule has 1 aromatic carbocycles. The molecule has 1 saturated heterocycles. The minimum atomic E-state index is 0.0463. The first-order chi connectivity index (χ1) is 10.0. The predicted octanol–water partition coefficient (Wildman–Crippen LogP) is 2.93. The zero-order valence-corrected chi connectivity index (χ0v) is 14.8. The van der Waals surface area contributed by atoms with Crippen LogP contribution < -0.4 is 5.73 Å². The minimum Gasteiger partial charge on any atom is -0.398 e. The maximum atomic E-state index is 12.9. The first kappa shape index (κ1) is 16.6. The third-order valence-electron chi connectivity index (χ3n) is 3.79. The van der Waals surface area contributed by atoms with Crippen molar-refractivity contribution in [2.45, 2.75) is 19.4 Å². The second-order valence-electron chi connectivity index (χ2n) is 5.18. The molecule has 1 aliphatic rings. The quantitative estimate of drug-likeness (QED) is 0.807. The van der Waals surface area contributed by atoms with Gasteiger partial charge in [-0.15, -0.1) is 0 Å². The Labute approximate surface area is 138 Å². The molecule has 0 aliphatic carbocycles. The molecular weight excluding hydrogens is 352 g/mol. The Hall–Kier alpha value is -0.720. The summed E-state index contributed by atoms with van der Waals surface area (Å²) in [7, 11) is 1.66. The van der Waals surface area contributed by atoms with Crippen molar-refractivity contribution in [1.29, 1.82) is 0 Å². The van der Waals surface area contributed by atoms with Crippen molar-refractivity contribution in [3.63, 3.8) is 0 Å². The summed E-state index contributed by atoms with van der Waals surface area (Å²) in [6, 6.07) is 3.98. The van der Waals surface area contributed by atoms with Crippen molar-refractivity contribution in [2.75, 3.05) is 37.5 Å². The maximum Gasteiger partial charge on any atom is 0.254 e. The number of carbonyl (C=O) groups is 1. The summed E-state index contributed by atoms with van der Waals surface area (Å²) in [5.74, 6) is 2.16. The largest absolute Gasteiger partial charge is 0.398 e. The van der Waals surface area contributed by atoms with Crippen LogP contribution in [0.2, 0.25) is 0 Å². The zero-order chi connectivity index (χ0) is 15.4. The van der Waals surface area contributed by atoms with Crippen molar-refractivity contribution in [1.82, 2.24) is 4.90 Å². The van der Waals surface area contributed by atoms with Gasteiger partial charge in [0, 0.05) is 41.2 Å². The normalized spacial score (nSPS) is 18.0. The minimum absolute atomic E-state index is 0.0463. The topological polar surface area (TPSA) is 55.6 Å². The van der Waals surface area contributed by atoms with Crippen LogP contribution in [0.1, 0.15) is 22.3 Å². The maximum absolute atomic E-state index is 12.9. The lowest BCUT2D eigenvalue weighted by atomic mass is 10.0. The highest BCUT2D eigenvalue weighted by Crippen LogP contribution is 2.27. The van der Waals surface area contributed by atoms with Crippen molar-refractivity contribution in [2.24, 2.45) is 0 Å². The lowest BCUT2D eigenvalue weighted by Crippen LogP contribution is -2.42. The van der Waals surface area contributed by atoms with E-state index >= 15 is 0 Å². The monoisotopic (exact) mass is 372 g/mol. The molecule has 1 aromatic rings. The molecule has 6 heteroatoms. The Morgan fingerprint density at radius 2 is 2.33 bits per heavy atom. The van der Waals surface area contributed by atoms with Crippen molar-refractivity contribution >= 4 is 39.3 Å². The number of carbonyl (C=O) groups excluding carboxylic acids is 1. The van der Waals surface area contributed by atoms with Gasteiger partial charge in [0.15, 0.2) is 0 Å². The summed E-state index contributed by atoms with van der Waals surface area (Å²) >= 11 is 5.32. The van der Waals surface area contributed by atoms with Crippen LogP contribution >= 0.6 is 27.7 Å². The van der Waals surface area contributed by atoms with Gasteiger partial charge in [0.2, 0.25) is 0 Å². The summed E-state index contributed by atoms with van der Waals surface area (Å²) < 4.78 is 6.00. The van der Waals surface area contributed by atoms with E-state index in [0.29, 0.717) is 24.4 Å². The number of nitrogen functional groups attached to an aromatic ring is 1. The number of halogens is 1.